The minimum Gasteiger partial charge on any atom is -0.394 e. The van der Waals surface area contributed by atoms with Crippen molar-refractivity contribution < 1.29 is 19.7 Å². The lowest BCUT2D eigenvalue weighted by atomic mass is 9.95. The minimum absolute atomic E-state index is 0.245. The van der Waals surface area contributed by atoms with E-state index in [0.29, 0.717) is 12.2 Å². The van der Waals surface area contributed by atoms with Gasteiger partial charge in [-0.15, -0.1) is 0 Å². The van der Waals surface area contributed by atoms with Gasteiger partial charge in [0.1, 0.15) is 12.2 Å². The Kier molecular flexibility index (Phi) is 6.10. The molecule has 7 heteroatoms. The Morgan fingerprint density at radius 1 is 1.07 bits per heavy atom. The quantitative estimate of drug-likeness (QED) is 0.611. The molecule has 2 heterocycles. The molecule has 0 radical (unpaired) electrons. The Morgan fingerprint density at radius 3 is 2.55 bits per heavy atom. The standard InChI is InChI=1S/C22H27N3O4/c26-14-19-21(27)20(25-11-10-15-6-4-5-7-16(15)13-25)18(29-19)12-23-22(28)24-17-8-2-1-3-9-17/h1-9,18-21,26-27H,10-14H2,(H2,23,24,28). The first-order valence-corrected chi connectivity index (χ1v) is 10.0. The van der Waals surface area contributed by atoms with Gasteiger partial charge in [0.2, 0.25) is 0 Å². The molecule has 0 aromatic heterocycles. The average molecular weight is 397 g/mol. The number of benzene rings is 2. The molecular weight excluding hydrogens is 370 g/mol. The van der Waals surface area contributed by atoms with E-state index in [1.807, 2.05) is 42.5 Å². The monoisotopic (exact) mass is 397 g/mol. The van der Waals surface area contributed by atoms with Gasteiger partial charge in [-0.05, 0) is 29.7 Å². The van der Waals surface area contributed by atoms with Crippen LogP contribution in [-0.2, 0) is 17.7 Å². The van der Waals surface area contributed by atoms with E-state index in [9.17, 15) is 15.0 Å². The van der Waals surface area contributed by atoms with Crippen LogP contribution < -0.4 is 10.6 Å². The number of para-hydroxylation sites is 1. The fourth-order valence-electron chi connectivity index (χ4n) is 4.26. The first-order valence-electron chi connectivity index (χ1n) is 10.0. The maximum absolute atomic E-state index is 12.2. The minimum atomic E-state index is -0.811. The maximum atomic E-state index is 12.2. The molecule has 2 aromatic rings. The van der Waals surface area contributed by atoms with Gasteiger partial charge in [-0.25, -0.2) is 4.79 Å². The van der Waals surface area contributed by atoms with Crippen molar-refractivity contribution in [3.8, 4) is 0 Å². The molecule has 7 nitrogen and oxygen atoms in total. The zero-order valence-electron chi connectivity index (χ0n) is 16.2. The molecule has 1 fully saturated rings. The summed E-state index contributed by atoms with van der Waals surface area (Å²) in [6, 6.07) is 16.9. The number of carbonyl (C=O) groups excluding carboxylic acids is 1. The van der Waals surface area contributed by atoms with E-state index in [2.05, 4.69) is 27.7 Å². The van der Waals surface area contributed by atoms with Crippen molar-refractivity contribution in [3.05, 3.63) is 65.7 Å². The van der Waals surface area contributed by atoms with E-state index in [1.54, 1.807) is 0 Å². The van der Waals surface area contributed by atoms with Crippen LogP contribution in [0, 0.1) is 0 Å². The summed E-state index contributed by atoms with van der Waals surface area (Å²) in [6.45, 7) is 1.50. The molecule has 2 aliphatic rings. The number of nitrogens with one attached hydrogen (secondary N) is 2. The number of aliphatic hydroxyl groups excluding tert-OH is 2. The van der Waals surface area contributed by atoms with Gasteiger partial charge in [0, 0.05) is 25.3 Å². The molecule has 0 bridgehead atoms. The van der Waals surface area contributed by atoms with Gasteiger partial charge in [-0.3, -0.25) is 4.90 Å². The Labute approximate surface area is 170 Å². The largest absolute Gasteiger partial charge is 0.394 e. The highest BCUT2D eigenvalue weighted by molar-refractivity contribution is 5.89. The number of ether oxygens (including phenoxy) is 1. The van der Waals surface area contributed by atoms with Crippen LogP contribution in [-0.4, -0.2) is 65.2 Å². The highest BCUT2D eigenvalue weighted by atomic mass is 16.5. The van der Waals surface area contributed by atoms with Crippen molar-refractivity contribution in [1.82, 2.24) is 10.2 Å². The lowest BCUT2D eigenvalue weighted by molar-refractivity contribution is -0.0205. The number of carbonyl (C=O) groups is 1. The number of hydrogen-bond acceptors (Lipinski definition) is 5. The number of urea groups is 1. The van der Waals surface area contributed by atoms with E-state index >= 15 is 0 Å². The summed E-state index contributed by atoms with van der Waals surface area (Å²) in [4.78, 5) is 14.4. The summed E-state index contributed by atoms with van der Waals surface area (Å²) >= 11 is 0. The highest BCUT2D eigenvalue weighted by Crippen LogP contribution is 2.30. The number of fused-ring (bicyclic) bond motifs is 1. The van der Waals surface area contributed by atoms with E-state index in [-0.39, 0.29) is 25.2 Å². The van der Waals surface area contributed by atoms with Gasteiger partial charge in [-0.1, -0.05) is 42.5 Å². The zero-order chi connectivity index (χ0) is 20.2. The van der Waals surface area contributed by atoms with E-state index in [0.717, 1.165) is 13.0 Å². The summed E-state index contributed by atoms with van der Waals surface area (Å²) in [6.07, 6.45) is -0.970. The molecule has 0 spiro atoms. The number of nitrogens with zero attached hydrogens (tertiary/aromatic N) is 1. The van der Waals surface area contributed by atoms with Crippen molar-refractivity contribution in [3.63, 3.8) is 0 Å². The third kappa shape index (κ3) is 4.43. The second-order valence-corrected chi connectivity index (χ2v) is 7.57. The predicted molar refractivity (Wildman–Crippen MR) is 110 cm³/mol. The summed E-state index contributed by atoms with van der Waals surface area (Å²) < 4.78 is 5.89. The Hall–Kier alpha value is -2.45. The third-order valence-electron chi connectivity index (χ3n) is 5.72. The zero-order valence-corrected chi connectivity index (χ0v) is 16.2. The number of anilines is 1. The molecule has 2 aliphatic heterocycles. The summed E-state index contributed by atoms with van der Waals surface area (Å²) in [5.41, 5.74) is 3.27. The van der Waals surface area contributed by atoms with Gasteiger partial charge in [0.05, 0.1) is 18.8 Å². The lowest BCUT2D eigenvalue weighted by Gasteiger charge is -2.37. The molecule has 1 saturated heterocycles. The van der Waals surface area contributed by atoms with Crippen LogP contribution in [0.15, 0.2) is 54.6 Å². The highest BCUT2D eigenvalue weighted by Gasteiger charge is 2.46. The molecule has 4 rings (SSSR count). The lowest BCUT2D eigenvalue weighted by Crippen LogP contribution is -2.52. The van der Waals surface area contributed by atoms with Crippen LogP contribution in [0.3, 0.4) is 0 Å². The van der Waals surface area contributed by atoms with Gasteiger partial charge in [0.15, 0.2) is 0 Å². The molecule has 2 amide bonds. The Bertz CT molecular complexity index is 832. The first-order chi connectivity index (χ1) is 14.2. The predicted octanol–water partition coefficient (Wildman–Crippen LogP) is 1.36. The molecule has 29 heavy (non-hydrogen) atoms. The normalized spacial score (nSPS) is 26.7. The van der Waals surface area contributed by atoms with Gasteiger partial charge < -0.3 is 25.6 Å². The van der Waals surface area contributed by atoms with E-state index in [4.69, 9.17) is 4.74 Å². The summed E-state index contributed by atoms with van der Waals surface area (Å²) in [5, 5.41) is 26.0. The second-order valence-electron chi connectivity index (χ2n) is 7.57. The van der Waals surface area contributed by atoms with E-state index < -0.39 is 18.3 Å². The van der Waals surface area contributed by atoms with Gasteiger partial charge >= 0.3 is 6.03 Å². The number of amides is 2. The fraction of sp³-hybridized carbons (Fsp3) is 0.409. The average Bonchev–Trinajstić information content (AvgIpc) is 3.08. The Balaban J connectivity index is 1.41. The molecule has 154 valence electrons. The topological polar surface area (TPSA) is 94.1 Å². The molecule has 4 N–H and O–H groups in total. The molecule has 0 saturated carbocycles. The second kappa shape index (κ2) is 8.92. The first kappa shape index (κ1) is 19.8. The van der Waals surface area contributed by atoms with Crippen molar-refractivity contribution in [2.45, 2.75) is 37.3 Å². The summed E-state index contributed by atoms with van der Waals surface area (Å²) in [7, 11) is 0. The Morgan fingerprint density at radius 2 is 1.79 bits per heavy atom. The maximum Gasteiger partial charge on any atom is 0.319 e. The van der Waals surface area contributed by atoms with Crippen LogP contribution in [0.1, 0.15) is 11.1 Å². The molecule has 4 unspecified atom stereocenters. The SMILES string of the molecule is O=C(NCC1OC(CO)C(O)C1N1CCc2ccccc2C1)Nc1ccccc1. The van der Waals surface area contributed by atoms with E-state index in [1.165, 1.54) is 11.1 Å². The molecule has 2 aromatic carbocycles. The van der Waals surface area contributed by atoms with Crippen LogP contribution in [0.25, 0.3) is 0 Å². The molecule has 4 atom stereocenters. The fourth-order valence-corrected chi connectivity index (χ4v) is 4.26. The van der Waals surface area contributed by atoms with Crippen LogP contribution in [0.2, 0.25) is 0 Å². The molecule has 0 aliphatic carbocycles. The van der Waals surface area contributed by atoms with Gasteiger partial charge in [0.25, 0.3) is 0 Å². The van der Waals surface area contributed by atoms with Crippen molar-refractivity contribution in [1.29, 1.82) is 0 Å². The number of aliphatic hydroxyl groups is 2. The van der Waals surface area contributed by atoms with Crippen molar-refractivity contribution >= 4 is 11.7 Å². The number of hydrogen-bond donors (Lipinski definition) is 4. The van der Waals surface area contributed by atoms with Crippen LogP contribution in [0.5, 0.6) is 0 Å². The number of rotatable bonds is 5. The van der Waals surface area contributed by atoms with Gasteiger partial charge in [-0.2, -0.15) is 0 Å². The van der Waals surface area contributed by atoms with Crippen molar-refractivity contribution in [2.24, 2.45) is 0 Å². The third-order valence-corrected chi connectivity index (χ3v) is 5.72. The smallest absolute Gasteiger partial charge is 0.319 e. The summed E-state index contributed by atoms with van der Waals surface area (Å²) in [5.74, 6) is 0. The molecular formula is C22H27N3O4. The van der Waals surface area contributed by atoms with Crippen LogP contribution >= 0.6 is 0 Å². The van der Waals surface area contributed by atoms with Crippen LogP contribution in [0.4, 0.5) is 10.5 Å². The van der Waals surface area contributed by atoms with Crippen molar-refractivity contribution in [2.75, 3.05) is 25.0 Å².